The fourth-order valence-electron chi connectivity index (χ4n) is 3.45. The van der Waals surface area contributed by atoms with Crippen LogP contribution in [0.15, 0.2) is 71.6 Å². The van der Waals surface area contributed by atoms with E-state index in [9.17, 15) is 21.6 Å². The Kier molecular flexibility index (Phi) is 5.05. The molecule has 158 valence electrons. The van der Waals surface area contributed by atoms with E-state index in [1.807, 2.05) is 12.1 Å². The standard InChI is InChI=1S/C23H17F3N2O2S/c1-14-27-21(19-7-4-8-20(22(19)28-14)23(24,25)26)17-6-3-5-16(13-17)15-9-11-18(12-10-15)31(2,29)30/h3-13H,1-2H3. The van der Waals surface area contributed by atoms with Gasteiger partial charge in [-0.15, -0.1) is 0 Å². The number of alkyl halides is 3. The van der Waals surface area contributed by atoms with Crippen molar-refractivity contribution in [3.8, 4) is 22.4 Å². The number of halogens is 3. The number of sulfone groups is 1. The lowest BCUT2D eigenvalue weighted by Crippen LogP contribution is -2.08. The molecule has 8 heteroatoms. The Morgan fingerprint density at radius 1 is 0.806 bits per heavy atom. The molecule has 0 atom stereocenters. The second-order valence-corrected chi connectivity index (χ2v) is 9.21. The molecule has 0 amide bonds. The minimum atomic E-state index is -4.53. The topological polar surface area (TPSA) is 59.9 Å². The number of hydrogen-bond donors (Lipinski definition) is 0. The molecule has 0 saturated carbocycles. The maximum atomic E-state index is 13.5. The summed E-state index contributed by atoms with van der Waals surface area (Å²) < 4.78 is 63.8. The predicted octanol–water partition coefficient (Wildman–Crippen LogP) is 5.69. The van der Waals surface area contributed by atoms with Crippen LogP contribution < -0.4 is 0 Å². The maximum Gasteiger partial charge on any atom is 0.418 e. The van der Waals surface area contributed by atoms with Crippen molar-refractivity contribution in [2.75, 3.05) is 6.26 Å². The molecule has 0 aliphatic heterocycles. The van der Waals surface area contributed by atoms with Gasteiger partial charge in [0.05, 0.1) is 21.7 Å². The van der Waals surface area contributed by atoms with Gasteiger partial charge in [-0.25, -0.2) is 18.4 Å². The molecule has 0 bridgehead atoms. The number of benzene rings is 3. The van der Waals surface area contributed by atoms with Crippen molar-refractivity contribution in [1.29, 1.82) is 0 Å². The van der Waals surface area contributed by atoms with Crippen LogP contribution in [0.4, 0.5) is 13.2 Å². The quantitative estimate of drug-likeness (QED) is 0.409. The maximum absolute atomic E-state index is 13.5. The van der Waals surface area contributed by atoms with Crippen molar-refractivity contribution >= 4 is 20.7 Å². The van der Waals surface area contributed by atoms with Gasteiger partial charge in [0, 0.05) is 17.2 Å². The van der Waals surface area contributed by atoms with Gasteiger partial charge in [-0.2, -0.15) is 13.2 Å². The van der Waals surface area contributed by atoms with Gasteiger partial charge in [-0.1, -0.05) is 42.5 Å². The lowest BCUT2D eigenvalue weighted by molar-refractivity contribution is -0.136. The highest BCUT2D eigenvalue weighted by molar-refractivity contribution is 7.90. The van der Waals surface area contributed by atoms with Crippen molar-refractivity contribution in [3.05, 3.63) is 78.1 Å². The normalized spacial score (nSPS) is 12.3. The van der Waals surface area contributed by atoms with E-state index in [4.69, 9.17) is 0 Å². The zero-order chi connectivity index (χ0) is 22.4. The summed E-state index contributed by atoms with van der Waals surface area (Å²) >= 11 is 0. The first kappa shape index (κ1) is 21.0. The highest BCUT2D eigenvalue weighted by Gasteiger charge is 2.33. The van der Waals surface area contributed by atoms with Gasteiger partial charge >= 0.3 is 6.18 Å². The summed E-state index contributed by atoms with van der Waals surface area (Å²) in [5.74, 6) is 0.238. The second-order valence-electron chi connectivity index (χ2n) is 7.20. The Morgan fingerprint density at radius 3 is 2.10 bits per heavy atom. The van der Waals surface area contributed by atoms with Crippen LogP contribution in [-0.2, 0) is 16.0 Å². The molecule has 3 aromatic carbocycles. The Bertz CT molecular complexity index is 1400. The van der Waals surface area contributed by atoms with Gasteiger partial charge < -0.3 is 0 Å². The van der Waals surface area contributed by atoms with E-state index in [1.165, 1.54) is 18.2 Å². The van der Waals surface area contributed by atoms with Crippen LogP contribution in [0.25, 0.3) is 33.3 Å². The summed E-state index contributed by atoms with van der Waals surface area (Å²) in [5.41, 5.74) is 1.67. The Labute approximate surface area is 177 Å². The van der Waals surface area contributed by atoms with E-state index in [1.54, 1.807) is 37.3 Å². The number of rotatable bonds is 3. The summed E-state index contributed by atoms with van der Waals surface area (Å²) in [4.78, 5) is 8.68. The molecular weight excluding hydrogens is 425 g/mol. The fraction of sp³-hybridized carbons (Fsp3) is 0.130. The fourth-order valence-corrected chi connectivity index (χ4v) is 4.08. The molecule has 4 aromatic rings. The van der Waals surface area contributed by atoms with Crippen molar-refractivity contribution in [3.63, 3.8) is 0 Å². The van der Waals surface area contributed by atoms with Gasteiger partial charge in [-0.3, -0.25) is 0 Å². The highest BCUT2D eigenvalue weighted by Crippen LogP contribution is 2.37. The van der Waals surface area contributed by atoms with E-state index < -0.39 is 21.6 Å². The summed E-state index contributed by atoms with van der Waals surface area (Å²) in [6.07, 6.45) is -3.39. The average molecular weight is 442 g/mol. The number of nitrogens with zero attached hydrogens (tertiary/aromatic N) is 2. The van der Waals surface area contributed by atoms with Gasteiger partial charge in [0.1, 0.15) is 5.82 Å². The van der Waals surface area contributed by atoms with Gasteiger partial charge in [-0.05, 0) is 42.3 Å². The third kappa shape index (κ3) is 4.16. The van der Waals surface area contributed by atoms with Crippen LogP contribution >= 0.6 is 0 Å². The number of para-hydroxylation sites is 1. The third-order valence-corrected chi connectivity index (χ3v) is 6.02. The number of hydrogen-bond acceptors (Lipinski definition) is 4. The Hall–Kier alpha value is -3.26. The molecule has 4 rings (SSSR count). The lowest BCUT2D eigenvalue weighted by Gasteiger charge is -2.13. The molecule has 0 N–H and O–H groups in total. The van der Waals surface area contributed by atoms with Crippen LogP contribution in [0.5, 0.6) is 0 Å². The third-order valence-electron chi connectivity index (χ3n) is 4.90. The van der Waals surface area contributed by atoms with Gasteiger partial charge in [0.25, 0.3) is 0 Å². The molecule has 0 aliphatic carbocycles. The summed E-state index contributed by atoms with van der Waals surface area (Å²) in [7, 11) is -3.31. The predicted molar refractivity (Wildman–Crippen MR) is 113 cm³/mol. The molecule has 1 heterocycles. The monoisotopic (exact) mass is 442 g/mol. The van der Waals surface area contributed by atoms with Crippen molar-refractivity contribution in [2.45, 2.75) is 18.0 Å². The zero-order valence-electron chi connectivity index (χ0n) is 16.6. The largest absolute Gasteiger partial charge is 0.418 e. The first-order valence-electron chi connectivity index (χ1n) is 9.29. The summed E-state index contributed by atoms with van der Waals surface area (Å²) in [5, 5.41) is 0.310. The van der Waals surface area contributed by atoms with Crippen molar-refractivity contribution in [2.24, 2.45) is 0 Å². The molecule has 0 fully saturated rings. The van der Waals surface area contributed by atoms with E-state index in [0.717, 1.165) is 23.4 Å². The van der Waals surface area contributed by atoms with E-state index in [0.29, 0.717) is 16.6 Å². The molecule has 1 aromatic heterocycles. The molecule has 0 aliphatic rings. The first-order valence-corrected chi connectivity index (χ1v) is 11.2. The van der Waals surface area contributed by atoms with Crippen LogP contribution in [0, 0.1) is 6.92 Å². The van der Waals surface area contributed by atoms with Crippen LogP contribution in [0.1, 0.15) is 11.4 Å². The second kappa shape index (κ2) is 7.46. The molecule has 0 radical (unpaired) electrons. The van der Waals surface area contributed by atoms with E-state index in [-0.39, 0.29) is 16.2 Å². The van der Waals surface area contributed by atoms with Crippen molar-refractivity contribution in [1.82, 2.24) is 9.97 Å². The molecule has 31 heavy (non-hydrogen) atoms. The molecule has 4 nitrogen and oxygen atoms in total. The summed E-state index contributed by atoms with van der Waals surface area (Å²) in [6.45, 7) is 1.56. The lowest BCUT2D eigenvalue weighted by atomic mass is 9.99. The van der Waals surface area contributed by atoms with Crippen LogP contribution in [-0.4, -0.2) is 24.6 Å². The van der Waals surface area contributed by atoms with Crippen LogP contribution in [0.2, 0.25) is 0 Å². The first-order chi connectivity index (χ1) is 14.5. The minimum absolute atomic E-state index is 0.139. The molecule has 0 saturated heterocycles. The van der Waals surface area contributed by atoms with Gasteiger partial charge in [0.15, 0.2) is 9.84 Å². The van der Waals surface area contributed by atoms with Crippen LogP contribution in [0.3, 0.4) is 0 Å². The Balaban J connectivity index is 1.87. The minimum Gasteiger partial charge on any atom is -0.233 e. The molecule has 0 spiro atoms. The molecule has 0 unspecified atom stereocenters. The number of aromatic nitrogens is 2. The number of aryl methyl sites for hydroxylation is 1. The summed E-state index contributed by atoms with van der Waals surface area (Å²) in [6, 6.07) is 17.6. The van der Waals surface area contributed by atoms with E-state index >= 15 is 0 Å². The van der Waals surface area contributed by atoms with Gasteiger partial charge in [0.2, 0.25) is 0 Å². The SMILES string of the molecule is Cc1nc(-c2cccc(-c3ccc(S(C)(=O)=O)cc3)c2)c2cccc(C(F)(F)F)c2n1. The van der Waals surface area contributed by atoms with Crippen molar-refractivity contribution < 1.29 is 21.6 Å². The number of fused-ring (bicyclic) bond motifs is 1. The zero-order valence-corrected chi connectivity index (χ0v) is 17.4. The highest BCUT2D eigenvalue weighted by atomic mass is 32.2. The van der Waals surface area contributed by atoms with E-state index in [2.05, 4.69) is 9.97 Å². The smallest absolute Gasteiger partial charge is 0.233 e. The Morgan fingerprint density at radius 2 is 1.45 bits per heavy atom. The molecular formula is C23H17F3N2O2S. The average Bonchev–Trinajstić information content (AvgIpc) is 2.71.